The minimum Gasteiger partial charge on any atom is -0.494 e. The predicted octanol–water partition coefficient (Wildman–Crippen LogP) is 1.81. The summed E-state index contributed by atoms with van der Waals surface area (Å²) in [5.41, 5.74) is 7.83. The lowest BCUT2D eigenvalue weighted by Gasteiger charge is -2.10. The smallest absolute Gasteiger partial charge is 0.165 e. The molecule has 0 aliphatic rings. The number of rotatable bonds is 4. The Kier molecular flexibility index (Phi) is 3.62. The molecule has 1 heterocycles. The van der Waals surface area contributed by atoms with Gasteiger partial charge in [-0.25, -0.2) is 4.39 Å². The van der Waals surface area contributed by atoms with Crippen LogP contribution in [0.4, 0.5) is 4.39 Å². The fourth-order valence-corrected chi connectivity index (χ4v) is 1.84. The number of aromatic nitrogens is 2. The first-order valence-corrected chi connectivity index (χ1v) is 5.66. The summed E-state index contributed by atoms with van der Waals surface area (Å²) in [6.45, 7) is 0. The van der Waals surface area contributed by atoms with Crippen molar-refractivity contribution in [2.75, 3.05) is 7.11 Å². The van der Waals surface area contributed by atoms with Crippen molar-refractivity contribution < 1.29 is 9.13 Å². The summed E-state index contributed by atoms with van der Waals surface area (Å²) in [7, 11) is 3.28. The monoisotopic (exact) mass is 249 g/mol. The summed E-state index contributed by atoms with van der Waals surface area (Å²) >= 11 is 0. The molecular weight excluding hydrogens is 233 g/mol. The van der Waals surface area contributed by atoms with Crippen molar-refractivity contribution in [3.8, 4) is 5.75 Å². The molecule has 0 spiro atoms. The zero-order chi connectivity index (χ0) is 13.1. The van der Waals surface area contributed by atoms with Crippen molar-refractivity contribution in [3.05, 3.63) is 47.5 Å². The van der Waals surface area contributed by atoms with Gasteiger partial charge in [0.2, 0.25) is 0 Å². The number of halogens is 1. The summed E-state index contributed by atoms with van der Waals surface area (Å²) in [5, 5.41) is 4.07. The van der Waals surface area contributed by atoms with E-state index < -0.39 is 0 Å². The molecule has 18 heavy (non-hydrogen) atoms. The van der Waals surface area contributed by atoms with Gasteiger partial charge in [-0.15, -0.1) is 0 Å². The minimum atomic E-state index is -0.367. The largest absolute Gasteiger partial charge is 0.494 e. The Bertz CT molecular complexity index is 539. The van der Waals surface area contributed by atoms with Crippen molar-refractivity contribution in [2.24, 2.45) is 12.8 Å². The Morgan fingerprint density at radius 1 is 1.50 bits per heavy atom. The number of nitrogens with two attached hydrogens (primary N) is 1. The Labute approximate surface area is 105 Å². The van der Waals surface area contributed by atoms with E-state index in [1.165, 1.54) is 13.2 Å². The second-order valence-corrected chi connectivity index (χ2v) is 4.23. The Morgan fingerprint density at radius 2 is 2.28 bits per heavy atom. The molecule has 2 aromatic rings. The number of aryl methyl sites for hydroxylation is 1. The molecule has 0 radical (unpaired) electrons. The van der Waals surface area contributed by atoms with E-state index in [-0.39, 0.29) is 17.6 Å². The highest BCUT2D eigenvalue weighted by atomic mass is 19.1. The summed E-state index contributed by atoms with van der Waals surface area (Å²) in [6.07, 6.45) is 4.15. The molecule has 0 saturated carbocycles. The van der Waals surface area contributed by atoms with Gasteiger partial charge in [0, 0.05) is 24.8 Å². The minimum absolute atomic E-state index is 0.188. The van der Waals surface area contributed by atoms with Gasteiger partial charge in [0.25, 0.3) is 0 Å². The van der Waals surface area contributed by atoms with Crippen LogP contribution in [0.15, 0.2) is 30.6 Å². The first kappa shape index (κ1) is 12.6. The zero-order valence-corrected chi connectivity index (χ0v) is 10.4. The van der Waals surface area contributed by atoms with Gasteiger partial charge in [-0.05, 0) is 24.1 Å². The molecule has 0 aliphatic heterocycles. The standard InChI is InChI=1S/C13H16FN3O/c1-17-8-10(7-16-17)12(15)6-9-3-4-13(18-2)11(14)5-9/h3-5,7-8,12H,6,15H2,1-2H3. The molecule has 2 N–H and O–H groups in total. The molecule has 1 atom stereocenters. The summed E-state index contributed by atoms with van der Waals surface area (Å²) in [4.78, 5) is 0. The van der Waals surface area contributed by atoms with E-state index in [1.807, 2.05) is 19.3 Å². The third-order valence-electron chi connectivity index (χ3n) is 2.82. The number of ether oxygens (including phenoxy) is 1. The van der Waals surface area contributed by atoms with Crippen LogP contribution >= 0.6 is 0 Å². The van der Waals surface area contributed by atoms with Crippen LogP contribution in [0.25, 0.3) is 0 Å². The maximum Gasteiger partial charge on any atom is 0.165 e. The molecule has 0 fully saturated rings. The number of benzene rings is 1. The molecule has 0 bridgehead atoms. The lowest BCUT2D eigenvalue weighted by molar-refractivity contribution is 0.386. The van der Waals surface area contributed by atoms with Crippen LogP contribution < -0.4 is 10.5 Å². The van der Waals surface area contributed by atoms with Crippen LogP contribution in [0.5, 0.6) is 5.75 Å². The molecule has 1 aromatic carbocycles. The van der Waals surface area contributed by atoms with Crippen LogP contribution in [-0.4, -0.2) is 16.9 Å². The fourth-order valence-electron chi connectivity index (χ4n) is 1.84. The second kappa shape index (κ2) is 5.18. The highest BCUT2D eigenvalue weighted by Gasteiger charge is 2.11. The van der Waals surface area contributed by atoms with E-state index in [2.05, 4.69) is 5.10 Å². The normalized spacial score (nSPS) is 12.4. The van der Waals surface area contributed by atoms with Gasteiger partial charge < -0.3 is 10.5 Å². The quantitative estimate of drug-likeness (QED) is 0.899. The van der Waals surface area contributed by atoms with E-state index in [9.17, 15) is 4.39 Å². The summed E-state index contributed by atoms with van der Waals surface area (Å²) in [5.74, 6) is -0.123. The van der Waals surface area contributed by atoms with Crippen molar-refractivity contribution in [3.63, 3.8) is 0 Å². The van der Waals surface area contributed by atoms with Gasteiger partial charge in [0.1, 0.15) is 0 Å². The maximum absolute atomic E-state index is 13.5. The Morgan fingerprint density at radius 3 is 2.83 bits per heavy atom. The average Bonchev–Trinajstić information content (AvgIpc) is 2.76. The van der Waals surface area contributed by atoms with Crippen molar-refractivity contribution in [2.45, 2.75) is 12.5 Å². The molecular formula is C13H16FN3O. The van der Waals surface area contributed by atoms with Crippen LogP contribution in [0.1, 0.15) is 17.2 Å². The van der Waals surface area contributed by atoms with Gasteiger partial charge in [0.05, 0.1) is 13.3 Å². The number of hydrogen-bond acceptors (Lipinski definition) is 3. The van der Waals surface area contributed by atoms with Crippen LogP contribution in [0.2, 0.25) is 0 Å². The van der Waals surface area contributed by atoms with Crippen molar-refractivity contribution in [1.29, 1.82) is 0 Å². The molecule has 4 nitrogen and oxygen atoms in total. The molecule has 1 unspecified atom stereocenters. The molecule has 2 rings (SSSR count). The average molecular weight is 249 g/mol. The van der Waals surface area contributed by atoms with Crippen LogP contribution in [0.3, 0.4) is 0 Å². The summed E-state index contributed by atoms with van der Waals surface area (Å²) in [6, 6.07) is 4.69. The number of hydrogen-bond donors (Lipinski definition) is 1. The zero-order valence-electron chi connectivity index (χ0n) is 10.4. The highest BCUT2D eigenvalue weighted by Crippen LogP contribution is 2.21. The maximum atomic E-state index is 13.5. The van der Waals surface area contributed by atoms with Gasteiger partial charge in [0.15, 0.2) is 11.6 Å². The van der Waals surface area contributed by atoms with Gasteiger partial charge in [-0.3, -0.25) is 4.68 Å². The fraction of sp³-hybridized carbons (Fsp3) is 0.308. The number of nitrogens with zero attached hydrogens (tertiary/aromatic N) is 2. The van der Waals surface area contributed by atoms with E-state index in [1.54, 1.807) is 16.9 Å². The van der Waals surface area contributed by atoms with E-state index in [4.69, 9.17) is 10.5 Å². The van der Waals surface area contributed by atoms with Gasteiger partial charge in [-0.1, -0.05) is 6.07 Å². The first-order chi connectivity index (χ1) is 8.60. The van der Waals surface area contributed by atoms with Crippen LogP contribution in [0, 0.1) is 5.82 Å². The van der Waals surface area contributed by atoms with Gasteiger partial charge in [-0.2, -0.15) is 5.10 Å². The highest BCUT2D eigenvalue weighted by molar-refractivity contribution is 5.30. The van der Waals surface area contributed by atoms with E-state index >= 15 is 0 Å². The molecule has 0 aliphatic carbocycles. The van der Waals surface area contributed by atoms with Gasteiger partial charge >= 0.3 is 0 Å². The SMILES string of the molecule is COc1ccc(CC(N)c2cnn(C)c2)cc1F. The van der Waals surface area contributed by atoms with Crippen molar-refractivity contribution >= 4 is 0 Å². The van der Waals surface area contributed by atoms with Crippen molar-refractivity contribution in [1.82, 2.24) is 9.78 Å². The third-order valence-corrected chi connectivity index (χ3v) is 2.82. The topological polar surface area (TPSA) is 53.1 Å². The molecule has 1 aromatic heterocycles. The Balaban J connectivity index is 2.12. The first-order valence-electron chi connectivity index (χ1n) is 5.66. The van der Waals surface area contributed by atoms with E-state index in [0.29, 0.717) is 6.42 Å². The lowest BCUT2D eigenvalue weighted by Crippen LogP contribution is -2.12. The molecule has 0 amide bonds. The Hall–Kier alpha value is -1.88. The lowest BCUT2D eigenvalue weighted by atomic mass is 10.0. The predicted molar refractivity (Wildman–Crippen MR) is 66.8 cm³/mol. The number of methoxy groups -OCH3 is 1. The molecule has 5 heteroatoms. The molecule has 96 valence electrons. The van der Waals surface area contributed by atoms with Crippen LogP contribution in [-0.2, 0) is 13.5 Å². The summed E-state index contributed by atoms with van der Waals surface area (Å²) < 4.78 is 20.1. The van der Waals surface area contributed by atoms with E-state index in [0.717, 1.165) is 11.1 Å². The third kappa shape index (κ3) is 2.68. The second-order valence-electron chi connectivity index (χ2n) is 4.23. The molecule has 0 saturated heterocycles.